The van der Waals surface area contributed by atoms with Crippen LogP contribution in [0.25, 0.3) is 17.2 Å². The standard InChI is InChI=1S/C28H26N2O3S2/c1-2-33-24-16-14-23(15-17-24)29-26(31)9-6-18-30-27(32)25(35-28(30)34)19-20-10-12-22(13-11-20)21-7-4-3-5-8-21/h3-5,7-8,10-17,19H,2,6,9,18H2,1H3,(H,29,31)/b25-19-. The number of hydrogen-bond acceptors (Lipinski definition) is 5. The molecule has 1 N–H and O–H groups in total. The maximum absolute atomic E-state index is 12.9. The summed E-state index contributed by atoms with van der Waals surface area (Å²) < 4.78 is 5.93. The van der Waals surface area contributed by atoms with Gasteiger partial charge in [0.25, 0.3) is 5.91 Å². The van der Waals surface area contributed by atoms with Crippen molar-refractivity contribution in [2.45, 2.75) is 19.8 Å². The summed E-state index contributed by atoms with van der Waals surface area (Å²) in [5.74, 6) is 0.549. The molecule has 0 aromatic heterocycles. The van der Waals surface area contributed by atoms with Crippen molar-refractivity contribution in [2.75, 3.05) is 18.5 Å². The molecule has 2 amide bonds. The summed E-state index contributed by atoms with van der Waals surface area (Å²) in [6.45, 7) is 2.93. The Morgan fingerprint density at radius 2 is 1.69 bits per heavy atom. The molecule has 0 saturated carbocycles. The van der Waals surface area contributed by atoms with E-state index in [9.17, 15) is 9.59 Å². The van der Waals surface area contributed by atoms with Crippen LogP contribution in [0.5, 0.6) is 5.75 Å². The number of amides is 2. The fraction of sp³-hybridized carbons (Fsp3) is 0.179. The van der Waals surface area contributed by atoms with E-state index in [4.69, 9.17) is 17.0 Å². The van der Waals surface area contributed by atoms with Crippen molar-refractivity contribution in [3.8, 4) is 16.9 Å². The Balaban J connectivity index is 1.29. The molecular weight excluding hydrogens is 476 g/mol. The highest BCUT2D eigenvalue weighted by molar-refractivity contribution is 8.26. The van der Waals surface area contributed by atoms with Crippen molar-refractivity contribution >= 4 is 51.9 Å². The highest BCUT2D eigenvalue weighted by Gasteiger charge is 2.31. The first-order chi connectivity index (χ1) is 17.0. The topological polar surface area (TPSA) is 58.6 Å². The van der Waals surface area contributed by atoms with E-state index in [0.29, 0.717) is 40.9 Å². The zero-order valence-electron chi connectivity index (χ0n) is 19.4. The molecule has 1 fully saturated rings. The van der Waals surface area contributed by atoms with Gasteiger partial charge >= 0.3 is 0 Å². The van der Waals surface area contributed by atoms with E-state index in [1.54, 1.807) is 4.90 Å². The first kappa shape index (κ1) is 24.7. The summed E-state index contributed by atoms with van der Waals surface area (Å²) in [6.07, 6.45) is 2.69. The van der Waals surface area contributed by atoms with Gasteiger partial charge in [-0.2, -0.15) is 0 Å². The number of carbonyl (C=O) groups is 2. The molecule has 1 saturated heterocycles. The van der Waals surface area contributed by atoms with Gasteiger partial charge in [0, 0.05) is 18.7 Å². The number of nitrogens with one attached hydrogen (secondary N) is 1. The molecule has 4 rings (SSSR count). The predicted octanol–water partition coefficient (Wildman–Crippen LogP) is 6.37. The van der Waals surface area contributed by atoms with E-state index >= 15 is 0 Å². The minimum absolute atomic E-state index is 0.103. The molecule has 3 aromatic carbocycles. The number of hydrogen-bond donors (Lipinski definition) is 1. The number of anilines is 1. The zero-order chi connectivity index (χ0) is 24.6. The van der Waals surface area contributed by atoms with Gasteiger partial charge in [-0.05, 0) is 60.4 Å². The molecule has 35 heavy (non-hydrogen) atoms. The first-order valence-corrected chi connectivity index (χ1v) is 12.7. The molecule has 0 aliphatic carbocycles. The van der Waals surface area contributed by atoms with Crippen LogP contribution in [0, 0.1) is 0 Å². The molecule has 0 unspecified atom stereocenters. The van der Waals surface area contributed by atoms with Crippen molar-refractivity contribution in [1.29, 1.82) is 0 Å². The van der Waals surface area contributed by atoms with Gasteiger partial charge in [-0.3, -0.25) is 14.5 Å². The largest absolute Gasteiger partial charge is 0.494 e. The van der Waals surface area contributed by atoms with E-state index < -0.39 is 0 Å². The van der Waals surface area contributed by atoms with Crippen LogP contribution in [0.2, 0.25) is 0 Å². The smallest absolute Gasteiger partial charge is 0.266 e. The number of thioether (sulfide) groups is 1. The molecule has 5 nitrogen and oxygen atoms in total. The highest BCUT2D eigenvalue weighted by Crippen LogP contribution is 2.33. The van der Waals surface area contributed by atoms with Gasteiger partial charge in [0.05, 0.1) is 11.5 Å². The Morgan fingerprint density at radius 1 is 1.00 bits per heavy atom. The van der Waals surface area contributed by atoms with Crippen LogP contribution in [-0.2, 0) is 9.59 Å². The van der Waals surface area contributed by atoms with Crippen LogP contribution in [0.15, 0.2) is 83.8 Å². The van der Waals surface area contributed by atoms with Gasteiger partial charge in [0.2, 0.25) is 5.91 Å². The van der Waals surface area contributed by atoms with E-state index in [0.717, 1.165) is 22.4 Å². The second-order valence-electron chi connectivity index (χ2n) is 7.93. The van der Waals surface area contributed by atoms with E-state index in [-0.39, 0.29) is 11.8 Å². The molecule has 0 bridgehead atoms. The molecular formula is C28H26N2O3S2. The molecule has 7 heteroatoms. The normalized spacial score (nSPS) is 14.4. The summed E-state index contributed by atoms with van der Waals surface area (Å²) in [5.41, 5.74) is 3.93. The molecule has 1 aliphatic heterocycles. The fourth-order valence-corrected chi connectivity index (χ4v) is 4.98. The third kappa shape index (κ3) is 6.59. The number of rotatable bonds is 9. The van der Waals surface area contributed by atoms with Crippen LogP contribution in [0.1, 0.15) is 25.3 Å². The summed E-state index contributed by atoms with van der Waals surface area (Å²) in [5, 5.41) is 2.87. The lowest BCUT2D eigenvalue weighted by atomic mass is 10.0. The molecule has 3 aromatic rings. The summed E-state index contributed by atoms with van der Waals surface area (Å²) in [7, 11) is 0. The van der Waals surface area contributed by atoms with Crippen LogP contribution < -0.4 is 10.1 Å². The molecule has 1 heterocycles. The summed E-state index contributed by atoms with van der Waals surface area (Å²) in [6, 6.07) is 25.5. The molecule has 0 atom stereocenters. The number of ether oxygens (including phenoxy) is 1. The third-order valence-corrected chi connectivity index (χ3v) is 6.80. The second-order valence-corrected chi connectivity index (χ2v) is 9.61. The minimum atomic E-state index is -0.112. The predicted molar refractivity (Wildman–Crippen MR) is 147 cm³/mol. The Labute approximate surface area is 215 Å². The molecule has 0 radical (unpaired) electrons. The van der Waals surface area contributed by atoms with Crippen LogP contribution >= 0.6 is 24.0 Å². The van der Waals surface area contributed by atoms with Crippen LogP contribution in [0.4, 0.5) is 5.69 Å². The Bertz CT molecular complexity index is 1220. The number of thiocarbonyl (C=S) groups is 1. The maximum atomic E-state index is 12.9. The fourth-order valence-electron chi connectivity index (χ4n) is 3.67. The SMILES string of the molecule is CCOc1ccc(NC(=O)CCCN2C(=O)/C(=C/c3ccc(-c4ccccc4)cc3)SC2=S)cc1. The van der Waals surface area contributed by atoms with Crippen molar-refractivity contribution in [3.05, 3.63) is 89.3 Å². The lowest BCUT2D eigenvalue weighted by Crippen LogP contribution is -2.29. The van der Waals surface area contributed by atoms with Crippen molar-refractivity contribution < 1.29 is 14.3 Å². The summed E-state index contributed by atoms with van der Waals surface area (Å²) >= 11 is 6.73. The lowest BCUT2D eigenvalue weighted by Gasteiger charge is -2.14. The van der Waals surface area contributed by atoms with Crippen molar-refractivity contribution in [3.63, 3.8) is 0 Å². The average molecular weight is 503 g/mol. The summed E-state index contributed by atoms with van der Waals surface area (Å²) in [4.78, 5) is 27.4. The minimum Gasteiger partial charge on any atom is -0.494 e. The zero-order valence-corrected chi connectivity index (χ0v) is 21.0. The number of carbonyl (C=O) groups excluding carboxylic acids is 2. The Kier molecular flexibility index (Phi) is 8.34. The van der Waals surface area contributed by atoms with Gasteiger partial charge in [0.1, 0.15) is 10.1 Å². The monoisotopic (exact) mass is 502 g/mol. The van der Waals surface area contributed by atoms with Crippen LogP contribution in [-0.4, -0.2) is 34.2 Å². The average Bonchev–Trinajstić information content (AvgIpc) is 3.14. The number of nitrogens with zero attached hydrogens (tertiary/aromatic N) is 1. The number of benzene rings is 3. The van der Waals surface area contributed by atoms with Crippen molar-refractivity contribution in [2.24, 2.45) is 0 Å². The van der Waals surface area contributed by atoms with Gasteiger partial charge in [-0.15, -0.1) is 0 Å². The van der Waals surface area contributed by atoms with Gasteiger partial charge < -0.3 is 10.1 Å². The van der Waals surface area contributed by atoms with Crippen molar-refractivity contribution in [1.82, 2.24) is 4.90 Å². The van der Waals surface area contributed by atoms with Crippen LogP contribution in [0.3, 0.4) is 0 Å². The molecule has 0 spiro atoms. The Morgan fingerprint density at radius 3 is 2.37 bits per heavy atom. The first-order valence-electron chi connectivity index (χ1n) is 11.5. The van der Waals surface area contributed by atoms with Gasteiger partial charge in [-0.1, -0.05) is 78.6 Å². The molecule has 178 valence electrons. The maximum Gasteiger partial charge on any atom is 0.266 e. The van der Waals surface area contributed by atoms with Gasteiger partial charge in [-0.25, -0.2) is 0 Å². The lowest BCUT2D eigenvalue weighted by molar-refractivity contribution is -0.122. The highest BCUT2D eigenvalue weighted by atomic mass is 32.2. The quantitative estimate of drug-likeness (QED) is 0.272. The van der Waals surface area contributed by atoms with E-state index in [1.165, 1.54) is 11.8 Å². The van der Waals surface area contributed by atoms with E-state index in [2.05, 4.69) is 17.4 Å². The third-order valence-electron chi connectivity index (χ3n) is 5.42. The molecule has 1 aliphatic rings. The second kappa shape index (κ2) is 11.8. The van der Waals surface area contributed by atoms with Gasteiger partial charge in [0.15, 0.2) is 0 Å². The Hall–Kier alpha value is -3.42. The van der Waals surface area contributed by atoms with E-state index in [1.807, 2.05) is 79.7 Å².